The van der Waals surface area contributed by atoms with Crippen LogP contribution in [0.15, 0.2) is 18.2 Å². The molecule has 3 N–H and O–H groups in total. The van der Waals surface area contributed by atoms with Crippen molar-refractivity contribution in [3.8, 4) is 11.5 Å². The van der Waals surface area contributed by atoms with E-state index < -0.39 is 0 Å². The van der Waals surface area contributed by atoms with Crippen LogP contribution >= 0.6 is 12.4 Å². The van der Waals surface area contributed by atoms with E-state index in [0.29, 0.717) is 18.4 Å². The van der Waals surface area contributed by atoms with E-state index in [1.807, 2.05) is 25.1 Å². The summed E-state index contributed by atoms with van der Waals surface area (Å²) >= 11 is 0. The highest BCUT2D eigenvalue weighted by Crippen LogP contribution is 2.34. The molecular weight excluding hydrogens is 364 g/mol. The average Bonchev–Trinajstić information content (AvgIpc) is 3.27. The van der Waals surface area contributed by atoms with Gasteiger partial charge in [-0.2, -0.15) is 0 Å². The van der Waals surface area contributed by atoms with Gasteiger partial charge in [-0.3, -0.25) is 4.79 Å². The summed E-state index contributed by atoms with van der Waals surface area (Å²) in [5.41, 5.74) is 7.10. The maximum absolute atomic E-state index is 12.4. The highest BCUT2D eigenvalue weighted by molar-refractivity contribution is 5.85. The zero-order chi connectivity index (χ0) is 18.5. The van der Waals surface area contributed by atoms with Crippen molar-refractivity contribution in [1.29, 1.82) is 0 Å². The third kappa shape index (κ3) is 5.76. The molecule has 1 aromatic rings. The molecule has 1 unspecified atom stereocenters. The number of carbonyl (C=O) groups excluding carboxylic acids is 1. The number of ether oxygens (including phenoxy) is 2. The fourth-order valence-electron chi connectivity index (χ4n) is 4.18. The van der Waals surface area contributed by atoms with Crippen molar-refractivity contribution in [2.45, 2.75) is 76.5 Å². The van der Waals surface area contributed by atoms with Gasteiger partial charge >= 0.3 is 0 Å². The van der Waals surface area contributed by atoms with Crippen molar-refractivity contribution >= 4 is 18.3 Å². The standard InChI is InChI=1S/C21H32N2O3.ClH/c1-14(23-21(24)13-16-6-5-9-18(16)22)15-10-11-19(20(12-15)25-2)26-17-7-3-4-8-17;/h10-12,14,16-18H,3-9,13,22H2,1-2H3,(H,23,24);1H/t14?,16-,18+;/m0./s1. The Kier molecular flexibility index (Phi) is 8.24. The topological polar surface area (TPSA) is 73.6 Å². The molecule has 0 aromatic heterocycles. The Morgan fingerprint density at radius 1 is 1.19 bits per heavy atom. The second-order valence-corrected chi connectivity index (χ2v) is 7.78. The number of nitrogens with one attached hydrogen (secondary N) is 1. The molecule has 1 aromatic carbocycles. The van der Waals surface area contributed by atoms with Crippen molar-refractivity contribution in [2.75, 3.05) is 7.11 Å². The lowest BCUT2D eigenvalue weighted by Gasteiger charge is -2.20. The zero-order valence-corrected chi connectivity index (χ0v) is 17.2. The molecule has 2 saturated carbocycles. The lowest BCUT2D eigenvalue weighted by atomic mass is 9.99. The van der Waals surface area contributed by atoms with Gasteiger partial charge in [-0.25, -0.2) is 0 Å². The van der Waals surface area contributed by atoms with Crippen LogP contribution < -0.4 is 20.5 Å². The number of hydrogen-bond acceptors (Lipinski definition) is 4. The van der Waals surface area contributed by atoms with Gasteiger partial charge in [0, 0.05) is 12.5 Å². The van der Waals surface area contributed by atoms with E-state index in [2.05, 4.69) is 5.32 Å². The second kappa shape index (κ2) is 10.2. The largest absolute Gasteiger partial charge is 0.493 e. The minimum absolute atomic E-state index is 0. The summed E-state index contributed by atoms with van der Waals surface area (Å²) in [6, 6.07) is 6.04. The van der Waals surface area contributed by atoms with E-state index in [1.54, 1.807) is 7.11 Å². The van der Waals surface area contributed by atoms with Gasteiger partial charge in [0.25, 0.3) is 0 Å². The Morgan fingerprint density at radius 2 is 1.93 bits per heavy atom. The Bertz CT molecular complexity index is 619. The summed E-state index contributed by atoms with van der Waals surface area (Å²) in [6.45, 7) is 2.00. The van der Waals surface area contributed by atoms with Gasteiger partial charge < -0.3 is 20.5 Å². The minimum Gasteiger partial charge on any atom is -0.493 e. The number of amides is 1. The van der Waals surface area contributed by atoms with Crippen LogP contribution in [0.5, 0.6) is 11.5 Å². The summed E-state index contributed by atoms with van der Waals surface area (Å²) < 4.78 is 11.6. The van der Waals surface area contributed by atoms with Gasteiger partial charge in [0.2, 0.25) is 5.91 Å². The summed E-state index contributed by atoms with van der Waals surface area (Å²) in [6.07, 6.45) is 8.73. The van der Waals surface area contributed by atoms with E-state index in [0.717, 1.165) is 49.2 Å². The smallest absolute Gasteiger partial charge is 0.220 e. The van der Waals surface area contributed by atoms with Crippen molar-refractivity contribution < 1.29 is 14.3 Å². The van der Waals surface area contributed by atoms with Gasteiger partial charge in [-0.15, -0.1) is 12.4 Å². The Labute approximate surface area is 168 Å². The maximum Gasteiger partial charge on any atom is 0.220 e. The molecule has 27 heavy (non-hydrogen) atoms. The molecule has 1 amide bonds. The summed E-state index contributed by atoms with van der Waals surface area (Å²) in [5.74, 6) is 1.91. The first-order chi connectivity index (χ1) is 12.6. The Balaban J connectivity index is 0.00000261. The predicted molar refractivity (Wildman–Crippen MR) is 110 cm³/mol. The average molecular weight is 397 g/mol. The highest BCUT2D eigenvalue weighted by Gasteiger charge is 2.26. The van der Waals surface area contributed by atoms with Crippen molar-refractivity contribution in [3.63, 3.8) is 0 Å². The SMILES string of the molecule is COc1cc(C(C)NC(=O)C[C@@H]2CCC[C@H]2N)ccc1OC1CCCC1.Cl. The number of methoxy groups -OCH3 is 1. The maximum atomic E-state index is 12.4. The molecule has 0 heterocycles. The minimum atomic E-state index is -0.0745. The molecule has 0 spiro atoms. The molecule has 5 nitrogen and oxygen atoms in total. The summed E-state index contributed by atoms with van der Waals surface area (Å²) in [4.78, 5) is 12.4. The van der Waals surface area contributed by atoms with Crippen LogP contribution in [-0.4, -0.2) is 25.2 Å². The van der Waals surface area contributed by atoms with Crippen LogP contribution in [0.25, 0.3) is 0 Å². The fraction of sp³-hybridized carbons (Fsp3) is 0.667. The number of carbonyl (C=O) groups is 1. The first-order valence-electron chi connectivity index (χ1n) is 9.96. The van der Waals surface area contributed by atoms with Crippen molar-refractivity contribution in [3.05, 3.63) is 23.8 Å². The molecule has 6 heteroatoms. The molecular formula is C21H33ClN2O3. The van der Waals surface area contributed by atoms with Crippen LogP contribution in [0.3, 0.4) is 0 Å². The molecule has 0 saturated heterocycles. The lowest BCUT2D eigenvalue weighted by molar-refractivity contribution is -0.122. The number of halogens is 1. The first-order valence-corrected chi connectivity index (χ1v) is 9.96. The van der Waals surface area contributed by atoms with Crippen LogP contribution in [0.4, 0.5) is 0 Å². The van der Waals surface area contributed by atoms with Gasteiger partial charge in [0.15, 0.2) is 11.5 Å². The molecule has 0 aliphatic heterocycles. The van der Waals surface area contributed by atoms with Crippen LogP contribution in [0.1, 0.15) is 69.9 Å². The molecule has 0 bridgehead atoms. The van der Waals surface area contributed by atoms with Gasteiger partial charge in [-0.1, -0.05) is 12.5 Å². The summed E-state index contributed by atoms with van der Waals surface area (Å²) in [5, 5.41) is 3.10. The third-order valence-corrected chi connectivity index (χ3v) is 5.83. The van der Waals surface area contributed by atoms with Crippen LogP contribution in [0, 0.1) is 5.92 Å². The van der Waals surface area contributed by atoms with E-state index in [9.17, 15) is 4.79 Å². The second-order valence-electron chi connectivity index (χ2n) is 7.78. The van der Waals surface area contributed by atoms with E-state index in [4.69, 9.17) is 15.2 Å². The van der Waals surface area contributed by atoms with E-state index >= 15 is 0 Å². The Hall–Kier alpha value is -1.46. The Morgan fingerprint density at radius 3 is 2.56 bits per heavy atom. The number of hydrogen-bond donors (Lipinski definition) is 2. The van der Waals surface area contributed by atoms with Crippen LogP contribution in [0.2, 0.25) is 0 Å². The third-order valence-electron chi connectivity index (χ3n) is 5.83. The van der Waals surface area contributed by atoms with E-state index in [1.165, 1.54) is 12.8 Å². The molecule has 3 atom stereocenters. The van der Waals surface area contributed by atoms with Crippen LogP contribution in [-0.2, 0) is 4.79 Å². The van der Waals surface area contributed by atoms with Gasteiger partial charge in [0.1, 0.15) is 0 Å². The number of rotatable bonds is 7. The molecule has 2 aliphatic rings. The number of benzene rings is 1. The molecule has 0 radical (unpaired) electrons. The fourth-order valence-corrected chi connectivity index (χ4v) is 4.18. The molecule has 3 rings (SSSR count). The number of nitrogens with two attached hydrogens (primary N) is 1. The van der Waals surface area contributed by atoms with Crippen molar-refractivity contribution in [2.24, 2.45) is 11.7 Å². The lowest BCUT2D eigenvalue weighted by Crippen LogP contribution is -2.32. The quantitative estimate of drug-likeness (QED) is 0.726. The molecule has 152 valence electrons. The van der Waals surface area contributed by atoms with Crippen molar-refractivity contribution in [1.82, 2.24) is 5.32 Å². The van der Waals surface area contributed by atoms with E-state index in [-0.39, 0.29) is 30.4 Å². The van der Waals surface area contributed by atoms with Gasteiger partial charge in [0.05, 0.1) is 19.3 Å². The normalized spacial score (nSPS) is 23.5. The highest BCUT2D eigenvalue weighted by atomic mass is 35.5. The monoisotopic (exact) mass is 396 g/mol. The zero-order valence-electron chi connectivity index (χ0n) is 16.4. The summed E-state index contributed by atoms with van der Waals surface area (Å²) in [7, 11) is 1.66. The molecule has 2 aliphatic carbocycles. The predicted octanol–water partition coefficient (Wildman–Crippen LogP) is 4.13. The molecule has 2 fully saturated rings. The first kappa shape index (κ1) is 21.8. The van der Waals surface area contributed by atoms with Gasteiger partial charge in [-0.05, 0) is 69.1 Å².